The van der Waals surface area contributed by atoms with Crippen molar-refractivity contribution in [2.24, 2.45) is 0 Å². The number of sulfone groups is 1. The Morgan fingerprint density at radius 2 is 2.11 bits per heavy atom. The Labute approximate surface area is 113 Å². The molecule has 1 fully saturated rings. The molecular weight excluding hydrogens is 264 g/mol. The standard InChI is InChI=1S/C13H20N2O3S/c14-12-4-1-3-11(9-12)13(16)10-15-5-2-7-19(17,18)8-6-15/h1,3-4,9,13,16H,2,5-8,10,14H2. The number of benzene rings is 1. The van der Waals surface area contributed by atoms with Gasteiger partial charge in [-0.3, -0.25) is 4.90 Å². The zero-order valence-electron chi connectivity index (χ0n) is 10.8. The fourth-order valence-corrected chi connectivity index (χ4v) is 3.60. The minimum Gasteiger partial charge on any atom is -0.399 e. The summed E-state index contributed by atoms with van der Waals surface area (Å²) in [6.07, 6.45) is -0.00397. The molecule has 1 aliphatic heterocycles. The fraction of sp³-hybridized carbons (Fsp3) is 0.538. The van der Waals surface area contributed by atoms with Gasteiger partial charge in [-0.2, -0.15) is 0 Å². The van der Waals surface area contributed by atoms with E-state index in [1.165, 1.54) is 0 Å². The summed E-state index contributed by atoms with van der Waals surface area (Å²) >= 11 is 0. The quantitative estimate of drug-likeness (QED) is 0.786. The zero-order chi connectivity index (χ0) is 13.9. The van der Waals surface area contributed by atoms with E-state index < -0.39 is 15.9 Å². The van der Waals surface area contributed by atoms with Gasteiger partial charge < -0.3 is 10.8 Å². The highest BCUT2D eigenvalue weighted by Gasteiger charge is 2.21. The van der Waals surface area contributed by atoms with Gasteiger partial charge in [-0.15, -0.1) is 0 Å². The molecule has 1 aromatic carbocycles. The first-order valence-corrected chi connectivity index (χ1v) is 8.25. The summed E-state index contributed by atoms with van der Waals surface area (Å²) in [6.45, 7) is 1.64. The van der Waals surface area contributed by atoms with E-state index in [-0.39, 0.29) is 11.5 Å². The molecule has 6 heteroatoms. The van der Waals surface area contributed by atoms with E-state index in [0.29, 0.717) is 31.7 Å². The number of nitrogens with two attached hydrogens (primary N) is 1. The van der Waals surface area contributed by atoms with Crippen LogP contribution in [0.4, 0.5) is 5.69 Å². The summed E-state index contributed by atoms with van der Waals surface area (Å²) in [4.78, 5) is 2.00. The second kappa shape index (κ2) is 5.90. The summed E-state index contributed by atoms with van der Waals surface area (Å²) in [7, 11) is -2.90. The summed E-state index contributed by atoms with van der Waals surface area (Å²) in [5.74, 6) is 0.425. The maximum Gasteiger partial charge on any atom is 0.151 e. The van der Waals surface area contributed by atoms with Crippen molar-refractivity contribution in [1.82, 2.24) is 4.90 Å². The van der Waals surface area contributed by atoms with E-state index in [4.69, 9.17) is 5.73 Å². The second-order valence-electron chi connectivity index (χ2n) is 4.99. The van der Waals surface area contributed by atoms with Crippen LogP contribution in [0.5, 0.6) is 0 Å². The maximum atomic E-state index is 11.5. The molecule has 106 valence electrons. The first-order valence-electron chi connectivity index (χ1n) is 6.42. The lowest BCUT2D eigenvalue weighted by Gasteiger charge is -2.23. The third-order valence-electron chi connectivity index (χ3n) is 3.37. The number of aliphatic hydroxyl groups excluding tert-OH is 1. The van der Waals surface area contributed by atoms with Crippen molar-refractivity contribution in [2.45, 2.75) is 12.5 Å². The molecule has 1 aromatic rings. The minimum absolute atomic E-state index is 0.177. The average Bonchev–Trinajstić information content (AvgIpc) is 2.51. The minimum atomic E-state index is -2.90. The predicted molar refractivity (Wildman–Crippen MR) is 75.5 cm³/mol. The van der Waals surface area contributed by atoms with Gasteiger partial charge in [0.1, 0.15) is 0 Å². The topological polar surface area (TPSA) is 83.6 Å². The van der Waals surface area contributed by atoms with Crippen molar-refractivity contribution in [3.8, 4) is 0 Å². The van der Waals surface area contributed by atoms with Crippen LogP contribution in [0.3, 0.4) is 0 Å². The number of nitrogen functional groups attached to an aromatic ring is 1. The van der Waals surface area contributed by atoms with Crippen LogP contribution in [0.25, 0.3) is 0 Å². The molecule has 0 radical (unpaired) electrons. The van der Waals surface area contributed by atoms with Crippen LogP contribution in [0, 0.1) is 0 Å². The van der Waals surface area contributed by atoms with E-state index in [1.54, 1.807) is 18.2 Å². The molecule has 0 aliphatic carbocycles. The highest BCUT2D eigenvalue weighted by molar-refractivity contribution is 7.91. The molecule has 1 aliphatic rings. The van der Waals surface area contributed by atoms with Crippen molar-refractivity contribution in [3.63, 3.8) is 0 Å². The van der Waals surface area contributed by atoms with Crippen LogP contribution in [0.15, 0.2) is 24.3 Å². The van der Waals surface area contributed by atoms with Gasteiger partial charge in [-0.25, -0.2) is 8.42 Å². The number of hydrogen-bond acceptors (Lipinski definition) is 5. The lowest BCUT2D eigenvalue weighted by molar-refractivity contribution is 0.117. The lowest BCUT2D eigenvalue weighted by atomic mass is 10.1. The average molecular weight is 284 g/mol. The predicted octanol–water partition coefficient (Wildman–Crippen LogP) is 0.423. The van der Waals surface area contributed by atoms with Gasteiger partial charge in [0, 0.05) is 18.8 Å². The molecule has 0 saturated carbocycles. The number of rotatable bonds is 3. The van der Waals surface area contributed by atoms with Crippen molar-refractivity contribution < 1.29 is 13.5 Å². The summed E-state index contributed by atoms with van der Waals surface area (Å²) in [5, 5.41) is 10.2. The number of nitrogens with zero attached hydrogens (tertiary/aromatic N) is 1. The van der Waals surface area contributed by atoms with Crippen molar-refractivity contribution in [2.75, 3.05) is 36.9 Å². The van der Waals surface area contributed by atoms with Crippen molar-refractivity contribution >= 4 is 15.5 Å². The molecule has 2 rings (SSSR count). The Hall–Kier alpha value is -1.11. The van der Waals surface area contributed by atoms with E-state index >= 15 is 0 Å². The van der Waals surface area contributed by atoms with Crippen LogP contribution < -0.4 is 5.73 Å². The van der Waals surface area contributed by atoms with E-state index in [2.05, 4.69) is 0 Å². The Morgan fingerprint density at radius 3 is 2.84 bits per heavy atom. The van der Waals surface area contributed by atoms with Gasteiger partial charge in [0.2, 0.25) is 0 Å². The molecule has 5 nitrogen and oxygen atoms in total. The molecule has 1 heterocycles. The highest BCUT2D eigenvalue weighted by atomic mass is 32.2. The molecule has 19 heavy (non-hydrogen) atoms. The smallest absolute Gasteiger partial charge is 0.151 e. The first kappa shape index (κ1) is 14.3. The molecule has 3 N–H and O–H groups in total. The molecule has 1 atom stereocenters. The normalized spacial score (nSPS) is 21.7. The Balaban J connectivity index is 1.97. The van der Waals surface area contributed by atoms with Gasteiger partial charge in [-0.1, -0.05) is 12.1 Å². The summed E-state index contributed by atoms with van der Waals surface area (Å²) in [6, 6.07) is 7.16. The van der Waals surface area contributed by atoms with Crippen LogP contribution >= 0.6 is 0 Å². The van der Waals surface area contributed by atoms with E-state index in [0.717, 1.165) is 5.56 Å². The monoisotopic (exact) mass is 284 g/mol. The molecule has 1 unspecified atom stereocenters. The van der Waals surface area contributed by atoms with Crippen LogP contribution in [-0.2, 0) is 9.84 Å². The molecule has 0 aromatic heterocycles. The van der Waals surface area contributed by atoms with Crippen molar-refractivity contribution in [3.05, 3.63) is 29.8 Å². The van der Waals surface area contributed by atoms with Crippen LogP contribution in [0.2, 0.25) is 0 Å². The van der Waals surface area contributed by atoms with Crippen LogP contribution in [-0.4, -0.2) is 49.6 Å². The maximum absolute atomic E-state index is 11.5. The first-order chi connectivity index (χ1) is 8.96. The Kier molecular flexibility index (Phi) is 4.44. The third-order valence-corrected chi connectivity index (χ3v) is 5.09. The molecular formula is C13H20N2O3S. The van der Waals surface area contributed by atoms with Crippen LogP contribution in [0.1, 0.15) is 18.1 Å². The van der Waals surface area contributed by atoms with Gasteiger partial charge in [0.05, 0.1) is 17.6 Å². The SMILES string of the molecule is Nc1cccc(C(O)CN2CCCS(=O)(=O)CC2)c1. The Bertz CT molecular complexity index is 530. The summed E-state index contributed by atoms with van der Waals surface area (Å²) < 4.78 is 23.0. The number of aliphatic hydroxyl groups is 1. The third kappa shape index (κ3) is 4.19. The van der Waals surface area contributed by atoms with E-state index in [9.17, 15) is 13.5 Å². The van der Waals surface area contributed by atoms with Crippen molar-refractivity contribution in [1.29, 1.82) is 0 Å². The van der Waals surface area contributed by atoms with E-state index in [1.807, 2.05) is 11.0 Å². The van der Waals surface area contributed by atoms with Gasteiger partial charge in [-0.05, 0) is 30.7 Å². The molecule has 0 spiro atoms. The van der Waals surface area contributed by atoms with Gasteiger partial charge >= 0.3 is 0 Å². The highest BCUT2D eigenvalue weighted by Crippen LogP contribution is 2.18. The largest absolute Gasteiger partial charge is 0.399 e. The van der Waals surface area contributed by atoms with Gasteiger partial charge in [0.25, 0.3) is 0 Å². The molecule has 0 bridgehead atoms. The van der Waals surface area contributed by atoms with Gasteiger partial charge in [0.15, 0.2) is 9.84 Å². The molecule has 0 amide bonds. The molecule has 1 saturated heterocycles. The second-order valence-corrected chi connectivity index (χ2v) is 7.30. The Morgan fingerprint density at radius 1 is 1.32 bits per heavy atom. The number of hydrogen-bond donors (Lipinski definition) is 2. The zero-order valence-corrected chi connectivity index (χ0v) is 11.6. The number of anilines is 1. The lowest BCUT2D eigenvalue weighted by Crippen LogP contribution is -2.31. The number of β-amino-alcohol motifs (C(OH)–C–C–N with tert-alkyl or cyclic N) is 1. The fourth-order valence-electron chi connectivity index (χ4n) is 2.29. The summed E-state index contributed by atoms with van der Waals surface area (Å²) in [5.41, 5.74) is 7.08.